The zero-order chi connectivity index (χ0) is 12.5. The highest BCUT2D eigenvalue weighted by atomic mass is 32.1. The van der Waals surface area contributed by atoms with E-state index in [0.717, 1.165) is 12.8 Å². The average molecular weight is 244 g/mol. The van der Waals surface area contributed by atoms with E-state index in [2.05, 4.69) is 0 Å². The van der Waals surface area contributed by atoms with Crippen molar-refractivity contribution in [3.05, 3.63) is 0 Å². The van der Waals surface area contributed by atoms with Gasteiger partial charge in [0.05, 0.1) is 4.99 Å². The Kier molecular flexibility index (Phi) is 3.78. The lowest BCUT2D eigenvalue weighted by Crippen LogP contribution is -2.56. The van der Waals surface area contributed by atoms with Gasteiger partial charge in [0.15, 0.2) is 0 Å². The van der Waals surface area contributed by atoms with Crippen molar-refractivity contribution in [3.63, 3.8) is 0 Å². The summed E-state index contributed by atoms with van der Waals surface area (Å²) < 4.78 is 0. The maximum absolute atomic E-state index is 11.2. The maximum atomic E-state index is 11.2. The fraction of sp³-hybridized carbons (Fsp3) is 0.818. The smallest absolute Gasteiger partial charge is 0.407 e. The zero-order valence-corrected chi connectivity index (χ0v) is 10.9. The topological polar surface area (TPSA) is 66.6 Å². The van der Waals surface area contributed by atoms with Crippen LogP contribution in [0.4, 0.5) is 4.79 Å². The Labute approximate surface area is 102 Å². The van der Waals surface area contributed by atoms with Gasteiger partial charge in [0, 0.05) is 18.5 Å². The molecule has 92 valence electrons. The Morgan fingerprint density at radius 3 is 2.44 bits per heavy atom. The van der Waals surface area contributed by atoms with Crippen LogP contribution >= 0.6 is 12.2 Å². The molecule has 2 atom stereocenters. The molecule has 0 bridgehead atoms. The highest BCUT2D eigenvalue weighted by Gasteiger charge is 2.42. The SMILES string of the molecule is CC(C)(C)C1C(C(N)=S)CCCN1C(=O)O. The van der Waals surface area contributed by atoms with Crippen molar-refractivity contribution in [3.8, 4) is 0 Å². The standard InChI is InChI=1S/C11H20N2O2S/c1-11(2,3)8-7(9(12)16)5-4-6-13(8)10(14)15/h7-8H,4-6H2,1-3H3,(H2,12,16)(H,14,15). The van der Waals surface area contributed by atoms with E-state index in [1.165, 1.54) is 4.90 Å². The molecule has 16 heavy (non-hydrogen) atoms. The summed E-state index contributed by atoms with van der Waals surface area (Å²) in [6, 6.07) is -0.115. The summed E-state index contributed by atoms with van der Waals surface area (Å²) in [6.07, 6.45) is 0.850. The predicted molar refractivity (Wildman–Crippen MR) is 67.5 cm³/mol. The molecule has 1 heterocycles. The zero-order valence-electron chi connectivity index (χ0n) is 10.1. The van der Waals surface area contributed by atoms with E-state index < -0.39 is 6.09 Å². The monoisotopic (exact) mass is 244 g/mol. The number of likely N-dealkylation sites (tertiary alicyclic amines) is 1. The molecular weight excluding hydrogens is 224 g/mol. The predicted octanol–water partition coefficient (Wildman–Crippen LogP) is 2.08. The largest absolute Gasteiger partial charge is 0.465 e. The van der Waals surface area contributed by atoms with Crippen molar-refractivity contribution in [2.24, 2.45) is 17.1 Å². The number of amides is 1. The van der Waals surface area contributed by atoms with E-state index in [9.17, 15) is 9.90 Å². The molecule has 0 aliphatic carbocycles. The van der Waals surface area contributed by atoms with Gasteiger partial charge in [0.25, 0.3) is 0 Å². The van der Waals surface area contributed by atoms with Crippen molar-refractivity contribution in [1.29, 1.82) is 0 Å². The van der Waals surface area contributed by atoms with Crippen LogP contribution in [-0.2, 0) is 0 Å². The Morgan fingerprint density at radius 2 is 2.06 bits per heavy atom. The number of hydrogen-bond donors (Lipinski definition) is 2. The average Bonchev–Trinajstić information content (AvgIpc) is 2.15. The van der Waals surface area contributed by atoms with Crippen molar-refractivity contribution >= 4 is 23.3 Å². The van der Waals surface area contributed by atoms with E-state index in [4.69, 9.17) is 18.0 Å². The van der Waals surface area contributed by atoms with Gasteiger partial charge in [-0.2, -0.15) is 0 Å². The Hall–Kier alpha value is -0.840. The van der Waals surface area contributed by atoms with E-state index in [1.54, 1.807) is 0 Å². The van der Waals surface area contributed by atoms with Crippen LogP contribution in [-0.4, -0.2) is 33.7 Å². The molecule has 0 aromatic carbocycles. The third-order valence-corrected chi connectivity index (χ3v) is 3.43. The van der Waals surface area contributed by atoms with Gasteiger partial charge in [-0.25, -0.2) is 4.79 Å². The molecule has 0 saturated carbocycles. The Morgan fingerprint density at radius 1 is 1.50 bits per heavy atom. The highest BCUT2D eigenvalue weighted by molar-refractivity contribution is 7.80. The van der Waals surface area contributed by atoms with Gasteiger partial charge in [0.1, 0.15) is 0 Å². The minimum atomic E-state index is -0.874. The molecule has 1 aliphatic rings. The van der Waals surface area contributed by atoms with Crippen LogP contribution in [0.1, 0.15) is 33.6 Å². The molecule has 0 aromatic heterocycles. The van der Waals surface area contributed by atoms with E-state index >= 15 is 0 Å². The molecule has 1 fully saturated rings. The summed E-state index contributed by atoms with van der Waals surface area (Å²) in [5.41, 5.74) is 5.58. The lowest BCUT2D eigenvalue weighted by molar-refractivity contribution is 0.0428. The molecule has 1 rings (SSSR count). The fourth-order valence-electron chi connectivity index (χ4n) is 2.58. The van der Waals surface area contributed by atoms with Crippen LogP contribution in [0.3, 0.4) is 0 Å². The number of nitrogens with two attached hydrogens (primary N) is 1. The molecule has 4 nitrogen and oxygen atoms in total. The first-order chi connectivity index (χ1) is 7.25. The molecule has 1 aliphatic heterocycles. The molecule has 3 N–H and O–H groups in total. The molecule has 1 amide bonds. The summed E-state index contributed by atoms with van der Waals surface area (Å²) in [4.78, 5) is 13.2. The minimum Gasteiger partial charge on any atom is -0.465 e. The lowest BCUT2D eigenvalue weighted by Gasteiger charge is -2.46. The van der Waals surface area contributed by atoms with Gasteiger partial charge in [-0.05, 0) is 18.3 Å². The van der Waals surface area contributed by atoms with Crippen LogP contribution in [0.25, 0.3) is 0 Å². The summed E-state index contributed by atoms with van der Waals surface area (Å²) >= 11 is 5.06. The first-order valence-electron chi connectivity index (χ1n) is 5.54. The van der Waals surface area contributed by atoms with Crippen LogP contribution < -0.4 is 5.73 Å². The minimum absolute atomic E-state index is 0.000139. The van der Waals surface area contributed by atoms with Crippen molar-refractivity contribution in [2.45, 2.75) is 39.7 Å². The molecular formula is C11H20N2O2S. The normalized spacial score (nSPS) is 26.6. The number of nitrogens with zero attached hydrogens (tertiary/aromatic N) is 1. The van der Waals surface area contributed by atoms with Crippen molar-refractivity contribution < 1.29 is 9.90 Å². The third-order valence-electron chi connectivity index (χ3n) is 3.13. The number of carboxylic acid groups (broad SMARTS) is 1. The first-order valence-corrected chi connectivity index (χ1v) is 5.95. The van der Waals surface area contributed by atoms with Gasteiger partial charge < -0.3 is 15.7 Å². The van der Waals surface area contributed by atoms with Crippen LogP contribution in [0.2, 0.25) is 0 Å². The fourth-order valence-corrected chi connectivity index (χ4v) is 2.83. The Bertz CT molecular complexity index is 277. The molecule has 5 heteroatoms. The van der Waals surface area contributed by atoms with Gasteiger partial charge in [-0.15, -0.1) is 0 Å². The van der Waals surface area contributed by atoms with Crippen molar-refractivity contribution in [1.82, 2.24) is 4.90 Å². The van der Waals surface area contributed by atoms with Crippen molar-refractivity contribution in [2.75, 3.05) is 6.54 Å². The molecule has 2 unspecified atom stereocenters. The number of thiocarbonyl (C=S) groups is 1. The van der Waals surface area contributed by atoms with Gasteiger partial charge in [-0.3, -0.25) is 0 Å². The van der Waals surface area contributed by atoms with E-state index in [-0.39, 0.29) is 17.4 Å². The summed E-state index contributed by atoms with van der Waals surface area (Å²) in [6.45, 7) is 6.68. The number of hydrogen-bond acceptors (Lipinski definition) is 2. The van der Waals surface area contributed by atoms with E-state index in [1.807, 2.05) is 20.8 Å². The highest BCUT2D eigenvalue weighted by Crippen LogP contribution is 2.36. The van der Waals surface area contributed by atoms with Gasteiger partial charge in [-0.1, -0.05) is 33.0 Å². The van der Waals surface area contributed by atoms with E-state index in [0.29, 0.717) is 11.5 Å². The molecule has 0 aromatic rings. The second-order valence-electron chi connectivity index (χ2n) is 5.44. The lowest BCUT2D eigenvalue weighted by atomic mass is 9.74. The second-order valence-corrected chi connectivity index (χ2v) is 5.91. The molecule has 0 radical (unpaired) electrons. The Balaban J connectivity index is 3.03. The number of rotatable bonds is 1. The second kappa shape index (κ2) is 4.57. The summed E-state index contributed by atoms with van der Waals surface area (Å²) in [5.74, 6) is -0.000139. The van der Waals surface area contributed by atoms with Gasteiger partial charge in [0.2, 0.25) is 0 Å². The molecule has 0 spiro atoms. The van der Waals surface area contributed by atoms with Gasteiger partial charge >= 0.3 is 6.09 Å². The van der Waals surface area contributed by atoms with Crippen LogP contribution in [0.15, 0.2) is 0 Å². The van der Waals surface area contributed by atoms with Crippen LogP contribution in [0, 0.1) is 11.3 Å². The quantitative estimate of drug-likeness (QED) is 0.693. The number of piperidine rings is 1. The number of carbonyl (C=O) groups is 1. The third kappa shape index (κ3) is 2.64. The maximum Gasteiger partial charge on any atom is 0.407 e. The summed E-state index contributed by atoms with van der Waals surface area (Å²) in [5, 5.41) is 9.21. The summed E-state index contributed by atoms with van der Waals surface area (Å²) in [7, 11) is 0. The first kappa shape index (κ1) is 13.2. The molecule has 1 saturated heterocycles. The van der Waals surface area contributed by atoms with Crippen LogP contribution in [0.5, 0.6) is 0 Å².